The van der Waals surface area contributed by atoms with Crippen LogP contribution in [0.2, 0.25) is 0 Å². The van der Waals surface area contributed by atoms with Crippen LogP contribution in [0.25, 0.3) is 69.9 Å². The fourth-order valence-corrected chi connectivity index (χ4v) is 9.61. The van der Waals surface area contributed by atoms with Crippen LogP contribution >= 0.6 is 11.3 Å². The predicted octanol–water partition coefficient (Wildman–Crippen LogP) is 14.9. The van der Waals surface area contributed by atoms with E-state index in [0.717, 1.165) is 5.69 Å². The van der Waals surface area contributed by atoms with Crippen LogP contribution in [-0.4, -0.2) is 4.57 Å². The Kier molecular flexibility index (Phi) is 7.71. The second-order valence-corrected chi connectivity index (χ2v) is 15.4. The van der Waals surface area contributed by atoms with Crippen LogP contribution in [0.15, 0.2) is 176 Å². The van der Waals surface area contributed by atoms with E-state index in [1.165, 1.54) is 98.0 Å². The Hall–Kier alpha value is -6.42. The summed E-state index contributed by atoms with van der Waals surface area (Å²) in [5, 5.41) is 5.08. The van der Waals surface area contributed by atoms with Gasteiger partial charge in [-0.1, -0.05) is 127 Å². The van der Waals surface area contributed by atoms with E-state index in [1.807, 2.05) is 11.3 Å². The van der Waals surface area contributed by atoms with Crippen molar-refractivity contribution < 1.29 is 0 Å². The summed E-state index contributed by atoms with van der Waals surface area (Å²) in [4.78, 5) is 2.49. The quantitative estimate of drug-likeness (QED) is 0.167. The molecule has 0 N–H and O–H groups in total. The van der Waals surface area contributed by atoms with Crippen LogP contribution in [0.4, 0.5) is 17.1 Å². The van der Waals surface area contributed by atoms with E-state index in [9.17, 15) is 0 Å². The average molecular weight is 711 g/mol. The molecule has 0 bridgehead atoms. The van der Waals surface area contributed by atoms with Gasteiger partial charge in [-0.15, -0.1) is 11.3 Å². The SMILES string of the molecule is Cc1ccc(N(c2cc(C)c(-c3ccccc3)cc2C)c2ccc(-c3ccccc3-n3c4ccccc4c4ccccc43)c3sc4ccccc4c23)cc1. The van der Waals surface area contributed by atoms with Crippen molar-refractivity contribution in [1.82, 2.24) is 4.57 Å². The number of anilines is 3. The van der Waals surface area contributed by atoms with E-state index < -0.39 is 0 Å². The summed E-state index contributed by atoms with van der Waals surface area (Å²) in [5.74, 6) is 0. The normalized spacial score (nSPS) is 11.6. The van der Waals surface area contributed by atoms with Crippen molar-refractivity contribution in [2.75, 3.05) is 4.90 Å². The van der Waals surface area contributed by atoms with Gasteiger partial charge in [-0.2, -0.15) is 0 Å². The van der Waals surface area contributed by atoms with Gasteiger partial charge in [0.05, 0.1) is 22.4 Å². The lowest BCUT2D eigenvalue weighted by Crippen LogP contribution is -2.12. The van der Waals surface area contributed by atoms with E-state index >= 15 is 0 Å². The topological polar surface area (TPSA) is 8.17 Å². The minimum Gasteiger partial charge on any atom is -0.310 e. The van der Waals surface area contributed by atoms with Gasteiger partial charge in [-0.05, 0) is 97.6 Å². The fraction of sp³-hybridized carbons (Fsp3) is 0.0588. The second-order valence-electron chi connectivity index (χ2n) is 14.3. The minimum atomic E-state index is 1.14. The van der Waals surface area contributed by atoms with E-state index in [4.69, 9.17) is 0 Å². The number of aryl methyl sites for hydroxylation is 3. The van der Waals surface area contributed by atoms with Gasteiger partial charge in [0.15, 0.2) is 0 Å². The summed E-state index contributed by atoms with van der Waals surface area (Å²) in [6, 6.07) is 64.6. The average Bonchev–Trinajstić information content (AvgIpc) is 3.77. The molecule has 8 aromatic carbocycles. The molecule has 10 aromatic rings. The maximum absolute atomic E-state index is 2.49. The summed E-state index contributed by atoms with van der Waals surface area (Å²) in [6.45, 7) is 6.65. The zero-order valence-electron chi connectivity index (χ0n) is 30.5. The van der Waals surface area contributed by atoms with E-state index in [2.05, 4.69) is 206 Å². The molecule has 2 heterocycles. The van der Waals surface area contributed by atoms with Crippen molar-refractivity contribution in [3.05, 3.63) is 193 Å². The van der Waals surface area contributed by atoms with Crippen LogP contribution in [0.5, 0.6) is 0 Å². The van der Waals surface area contributed by atoms with Gasteiger partial charge < -0.3 is 9.47 Å². The molecule has 0 aliphatic heterocycles. The zero-order chi connectivity index (χ0) is 36.3. The molecule has 2 aromatic heterocycles. The Bertz CT molecular complexity index is 2970. The highest BCUT2D eigenvalue weighted by Crippen LogP contribution is 2.50. The first-order valence-corrected chi connectivity index (χ1v) is 19.4. The first-order chi connectivity index (χ1) is 26.5. The smallest absolute Gasteiger partial charge is 0.0555 e. The first kappa shape index (κ1) is 32.2. The Labute approximate surface area is 319 Å². The van der Waals surface area contributed by atoms with Gasteiger partial charge in [0.25, 0.3) is 0 Å². The lowest BCUT2D eigenvalue weighted by Gasteiger charge is -2.29. The van der Waals surface area contributed by atoms with Crippen molar-refractivity contribution in [2.45, 2.75) is 20.8 Å². The Morgan fingerprint density at radius 3 is 1.83 bits per heavy atom. The highest BCUT2D eigenvalue weighted by Gasteiger charge is 2.24. The number of fused-ring (bicyclic) bond motifs is 6. The summed E-state index contributed by atoms with van der Waals surface area (Å²) in [6.07, 6.45) is 0. The number of nitrogens with zero attached hydrogens (tertiary/aromatic N) is 2. The van der Waals surface area contributed by atoms with Gasteiger partial charge in [0.1, 0.15) is 0 Å². The summed E-state index contributed by atoms with van der Waals surface area (Å²) in [5.41, 5.74) is 15.8. The molecule has 0 saturated carbocycles. The second kappa shape index (κ2) is 12.9. The molecule has 2 nitrogen and oxygen atoms in total. The van der Waals surface area contributed by atoms with Gasteiger partial charge in [0.2, 0.25) is 0 Å². The van der Waals surface area contributed by atoms with Crippen LogP contribution < -0.4 is 4.90 Å². The molecule has 0 spiro atoms. The van der Waals surface area contributed by atoms with Crippen molar-refractivity contribution in [3.63, 3.8) is 0 Å². The molecule has 3 heteroatoms. The first-order valence-electron chi connectivity index (χ1n) is 18.6. The molecule has 0 aliphatic carbocycles. The summed E-state index contributed by atoms with van der Waals surface area (Å²) >= 11 is 1.89. The Balaban J connectivity index is 1.25. The van der Waals surface area contributed by atoms with E-state index in [0.29, 0.717) is 0 Å². The molecule has 0 radical (unpaired) electrons. The van der Waals surface area contributed by atoms with Gasteiger partial charge in [0, 0.05) is 53.4 Å². The van der Waals surface area contributed by atoms with Gasteiger partial charge >= 0.3 is 0 Å². The number of hydrogen-bond acceptors (Lipinski definition) is 2. The number of aromatic nitrogens is 1. The molecule has 0 atom stereocenters. The molecule has 0 saturated heterocycles. The number of para-hydroxylation sites is 3. The molecular formula is C51H38N2S. The standard InChI is InChI=1S/C51H38N2S/c1-33-25-27-37(28-26-33)52(48-32-34(2)43(31-35(48)3)36-15-5-4-6-16-36)47-30-29-41(51-50(47)42-20-10-14-24-49(42)54-51)40-19-9-13-23-46(40)53-44-21-11-7-17-38(44)39-18-8-12-22-45(39)53/h4-32H,1-3H3. The third-order valence-electron chi connectivity index (χ3n) is 10.9. The van der Waals surface area contributed by atoms with E-state index in [1.54, 1.807) is 0 Å². The predicted molar refractivity (Wildman–Crippen MR) is 233 cm³/mol. The lowest BCUT2D eigenvalue weighted by atomic mass is 9.95. The highest BCUT2D eigenvalue weighted by molar-refractivity contribution is 7.26. The van der Waals surface area contributed by atoms with E-state index in [-0.39, 0.29) is 0 Å². The van der Waals surface area contributed by atoms with Crippen molar-refractivity contribution >= 4 is 70.4 Å². The van der Waals surface area contributed by atoms with Crippen molar-refractivity contribution in [3.8, 4) is 27.9 Å². The number of rotatable bonds is 6. The maximum atomic E-state index is 2.49. The highest BCUT2D eigenvalue weighted by atomic mass is 32.1. The van der Waals surface area contributed by atoms with Crippen molar-refractivity contribution in [1.29, 1.82) is 0 Å². The monoisotopic (exact) mass is 710 g/mol. The molecule has 54 heavy (non-hydrogen) atoms. The van der Waals surface area contributed by atoms with Crippen LogP contribution in [0.1, 0.15) is 16.7 Å². The minimum absolute atomic E-state index is 1.14. The largest absolute Gasteiger partial charge is 0.310 e. The third-order valence-corrected chi connectivity index (χ3v) is 12.1. The third kappa shape index (κ3) is 5.15. The maximum Gasteiger partial charge on any atom is 0.0555 e. The molecule has 0 aliphatic rings. The van der Waals surface area contributed by atoms with Gasteiger partial charge in [-0.3, -0.25) is 0 Å². The molecule has 0 fully saturated rings. The molecule has 258 valence electrons. The molecule has 0 unspecified atom stereocenters. The van der Waals surface area contributed by atoms with Crippen molar-refractivity contribution in [2.24, 2.45) is 0 Å². The Morgan fingerprint density at radius 2 is 1.09 bits per heavy atom. The molecule has 10 rings (SSSR count). The summed E-state index contributed by atoms with van der Waals surface area (Å²) in [7, 11) is 0. The zero-order valence-corrected chi connectivity index (χ0v) is 31.4. The number of thiophene rings is 1. The number of hydrogen-bond donors (Lipinski definition) is 0. The fourth-order valence-electron chi connectivity index (χ4n) is 8.36. The van der Waals surface area contributed by atoms with Crippen LogP contribution in [-0.2, 0) is 0 Å². The molecule has 0 amide bonds. The van der Waals surface area contributed by atoms with Gasteiger partial charge in [-0.25, -0.2) is 0 Å². The summed E-state index contributed by atoms with van der Waals surface area (Å²) < 4.78 is 5.02. The van der Waals surface area contributed by atoms with Crippen LogP contribution in [0, 0.1) is 20.8 Å². The Morgan fingerprint density at radius 1 is 0.463 bits per heavy atom. The van der Waals surface area contributed by atoms with Crippen LogP contribution in [0.3, 0.4) is 0 Å². The molecular weight excluding hydrogens is 673 g/mol. The number of benzene rings is 8. The lowest BCUT2D eigenvalue weighted by molar-refractivity contribution is 1.18.